The Hall–Kier alpha value is -1.63. The van der Waals surface area contributed by atoms with E-state index in [-0.39, 0.29) is 12.3 Å². The molecule has 13 heavy (non-hydrogen) atoms. The quantitative estimate of drug-likeness (QED) is 0.637. The highest BCUT2D eigenvalue weighted by molar-refractivity contribution is 5.97. The SMILES string of the molecule is N#CCn1ncc2c1CCCC2=O. The minimum atomic E-state index is 0.158. The van der Waals surface area contributed by atoms with Gasteiger partial charge in [0, 0.05) is 6.42 Å². The van der Waals surface area contributed by atoms with Gasteiger partial charge in [-0.05, 0) is 12.8 Å². The summed E-state index contributed by atoms with van der Waals surface area (Å²) in [5, 5.41) is 12.5. The van der Waals surface area contributed by atoms with E-state index in [2.05, 4.69) is 5.10 Å². The van der Waals surface area contributed by atoms with Crippen molar-refractivity contribution in [1.82, 2.24) is 9.78 Å². The molecule has 0 amide bonds. The lowest BCUT2D eigenvalue weighted by atomic mass is 9.97. The standard InChI is InChI=1S/C9H9N3O/c10-4-5-12-8-2-1-3-9(13)7(8)6-11-12/h6H,1-3,5H2. The summed E-state index contributed by atoms with van der Waals surface area (Å²) in [5.41, 5.74) is 1.64. The second-order valence-corrected chi connectivity index (χ2v) is 3.10. The fourth-order valence-corrected chi connectivity index (χ4v) is 1.66. The zero-order chi connectivity index (χ0) is 9.26. The van der Waals surface area contributed by atoms with E-state index in [0.717, 1.165) is 18.5 Å². The first-order valence-corrected chi connectivity index (χ1v) is 4.28. The van der Waals surface area contributed by atoms with Crippen molar-refractivity contribution >= 4 is 5.78 Å². The maximum absolute atomic E-state index is 11.4. The van der Waals surface area contributed by atoms with E-state index in [9.17, 15) is 4.79 Å². The van der Waals surface area contributed by atoms with Crippen molar-refractivity contribution in [3.63, 3.8) is 0 Å². The molecule has 0 atom stereocenters. The molecule has 0 N–H and O–H groups in total. The third-order valence-electron chi connectivity index (χ3n) is 2.29. The summed E-state index contributed by atoms with van der Waals surface area (Å²) in [7, 11) is 0. The van der Waals surface area contributed by atoms with Gasteiger partial charge in [0.05, 0.1) is 23.5 Å². The number of carbonyl (C=O) groups excluding carboxylic acids is 1. The largest absolute Gasteiger partial charge is 0.294 e. The van der Waals surface area contributed by atoms with Crippen molar-refractivity contribution in [1.29, 1.82) is 5.26 Å². The third-order valence-corrected chi connectivity index (χ3v) is 2.29. The lowest BCUT2D eigenvalue weighted by Crippen LogP contribution is -2.13. The Morgan fingerprint density at radius 1 is 1.62 bits per heavy atom. The summed E-state index contributed by atoms with van der Waals surface area (Å²) in [6.07, 6.45) is 3.94. The van der Waals surface area contributed by atoms with E-state index in [1.54, 1.807) is 10.9 Å². The van der Waals surface area contributed by atoms with E-state index in [1.165, 1.54) is 0 Å². The highest BCUT2D eigenvalue weighted by Gasteiger charge is 2.21. The van der Waals surface area contributed by atoms with Crippen LogP contribution in [-0.2, 0) is 13.0 Å². The van der Waals surface area contributed by atoms with Crippen molar-refractivity contribution in [2.24, 2.45) is 0 Å². The summed E-state index contributed by atoms with van der Waals surface area (Å²) >= 11 is 0. The maximum atomic E-state index is 11.4. The average molecular weight is 175 g/mol. The van der Waals surface area contributed by atoms with Crippen LogP contribution in [0.4, 0.5) is 0 Å². The van der Waals surface area contributed by atoms with Gasteiger partial charge in [0.2, 0.25) is 0 Å². The molecule has 4 nitrogen and oxygen atoms in total. The zero-order valence-electron chi connectivity index (χ0n) is 7.16. The highest BCUT2D eigenvalue weighted by Crippen LogP contribution is 2.20. The topological polar surface area (TPSA) is 58.7 Å². The minimum absolute atomic E-state index is 0.158. The number of fused-ring (bicyclic) bond motifs is 1. The van der Waals surface area contributed by atoms with Gasteiger partial charge in [0.25, 0.3) is 0 Å². The molecule has 66 valence electrons. The van der Waals surface area contributed by atoms with Crippen molar-refractivity contribution in [2.75, 3.05) is 0 Å². The van der Waals surface area contributed by atoms with Crippen LogP contribution in [0.1, 0.15) is 28.9 Å². The van der Waals surface area contributed by atoms with Crippen molar-refractivity contribution in [3.8, 4) is 6.07 Å². The van der Waals surface area contributed by atoms with Crippen LogP contribution < -0.4 is 0 Å². The maximum Gasteiger partial charge on any atom is 0.166 e. The third kappa shape index (κ3) is 1.22. The van der Waals surface area contributed by atoms with E-state index in [1.807, 2.05) is 6.07 Å². The van der Waals surface area contributed by atoms with Crippen LogP contribution in [0.15, 0.2) is 6.20 Å². The molecule has 2 rings (SSSR count). The van der Waals surface area contributed by atoms with E-state index >= 15 is 0 Å². The number of carbonyl (C=O) groups is 1. The Bertz CT molecular complexity index is 386. The molecule has 4 heteroatoms. The van der Waals surface area contributed by atoms with Gasteiger partial charge in [0.1, 0.15) is 6.54 Å². The van der Waals surface area contributed by atoms with Crippen LogP contribution in [0.3, 0.4) is 0 Å². The number of nitrogens with zero attached hydrogens (tertiary/aromatic N) is 3. The van der Waals surface area contributed by atoms with Crippen LogP contribution in [0, 0.1) is 11.3 Å². The van der Waals surface area contributed by atoms with Crippen molar-refractivity contribution in [2.45, 2.75) is 25.8 Å². The first-order chi connectivity index (χ1) is 6.33. The van der Waals surface area contributed by atoms with E-state index in [4.69, 9.17) is 5.26 Å². The molecule has 1 heterocycles. The summed E-state index contributed by atoms with van der Waals surface area (Å²) in [6.45, 7) is 0.239. The van der Waals surface area contributed by atoms with Crippen LogP contribution in [0.5, 0.6) is 0 Å². The fraction of sp³-hybridized carbons (Fsp3) is 0.444. The molecule has 0 fully saturated rings. The van der Waals surface area contributed by atoms with Crippen LogP contribution >= 0.6 is 0 Å². The first-order valence-electron chi connectivity index (χ1n) is 4.28. The summed E-state index contributed by atoms with van der Waals surface area (Å²) < 4.78 is 1.62. The van der Waals surface area contributed by atoms with Crippen LogP contribution in [0.25, 0.3) is 0 Å². The predicted octanol–water partition coefficient (Wildman–Crippen LogP) is 0.926. The van der Waals surface area contributed by atoms with Crippen molar-refractivity contribution < 1.29 is 4.79 Å². The second kappa shape index (κ2) is 3.02. The van der Waals surface area contributed by atoms with Crippen molar-refractivity contribution in [3.05, 3.63) is 17.5 Å². The number of hydrogen-bond acceptors (Lipinski definition) is 3. The van der Waals surface area contributed by atoms with Gasteiger partial charge in [-0.1, -0.05) is 0 Å². The van der Waals surface area contributed by atoms with Gasteiger partial charge in [-0.3, -0.25) is 9.48 Å². The number of nitriles is 1. The molecular weight excluding hydrogens is 166 g/mol. The van der Waals surface area contributed by atoms with Crippen LogP contribution in [0.2, 0.25) is 0 Å². The molecule has 0 saturated heterocycles. The number of aromatic nitrogens is 2. The average Bonchev–Trinajstić information content (AvgIpc) is 2.51. The molecule has 0 aromatic carbocycles. The van der Waals surface area contributed by atoms with Crippen LogP contribution in [-0.4, -0.2) is 15.6 Å². The lowest BCUT2D eigenvalue weighted by Gasteiger charge is -2.10. The molecule has 1 aliphatic carbocycles. The fourth-order valence-electron chi connectivity index (χ4n) is 1.66. The predicted molar refractivity (Wildman–Crippen MR) is 45.1 cm³/mol. The zero-order valence-corrected chi connectivity index (χ0v) is 7.16. The number of hydrogen-bond donors (Lipinski definition) is 0. The summed E-state index contributed by atoms with van der Waals surface area (Å²) in [6, 6.07) is 2.02. The van der Waals surface area contributed by atoms with E-state index < -0.39 is 0 Å². The summed E-state index contributed by atoms with van der Waals surface area (Å²) in [4.78, 5) is 11.4. The number of Topliss-reactive ketones (excluding diaryl/α,β-unsaturated/α-hetero) is 1. The van der Waals surface area contributed by atoms with Gasteiger partial charge in [-0.25, -0.2) is 0 Å². The molecule has 0 bridgehead atoms. The monoisotopic (exact) mass is 175 g/mol. The molecule has 0 unspecified atom stereocenters. The molecule has 0 saturated carbocycles. The van der Waals surface area contributed by atoms with Gasteiger partial charge >= 0.3 is 0 Å². The molecule has 1 aromatic heterocycles. The van der Waals surface area contributed by atoms with Gasteiger partial charge in [-0.2, -0.15) is 10.4 Å². The Kier molecular flexibility index (Phi) is 1.85. The highest BCUT2D eigenvalue weighted by atomic mass is 16.1. The molecule has 1 aliphatic rings. The second-order valence-electron chi connectivity index (χ2n) is 3.10. The van der Waals surface area contributed by atoms with Gasteiger partial charge < -0.3 is 0 Å². The smallest absolute Gasteiger partial charge is 0.166 e. The van der Waals surface area contributed by atoms with Gasteiger partial charge in [-0.15, -0.1) is 0 Å². The lowest BCUT2D eigenvalue weighted by molar-refractivity contribution is 0.0972. The Morgan fingerprint density at radius 3 is 3.23 bits per heavy atom. The first kappa shape index (κ1) is 7.99. The molecule has 1 aromatic rings. The molecule has 0 spiro atoms. The molecule has 0 radical (unpaired) electrons. The normalized spacial score (nSPS) is 15.2. The van der Waals surface area contributed by atoms with E-state index in [0.29, 0.717) is 12.0 Å². The number of rotatable bonds is 1. The Labute approximate surface area is 75.8 Å². The Morgan fingerprint density at radius 2 is 2.46 bits per heavy atom. The Balaban J connectivity index is 2.42. The molecular formula is C9H9N3O. The molecule has 0 aliphatic heterocycles. The summed E-state index contributed by atoms with van der Waals surface area (Å²) in [5.74, 6) is 0.158. The number of ketones is 1. The minimum Gasteiger partial charge on any atom is -0.294 e. The van der Waals surface area contributed by atoms with Gasteiger partial charge in [0.15, 0.2) is 5.78 Å².